The maximum absolute atomic E-state index is 11.9. The number of nitrogens with zero attached hydrogens (tertiary/aromatic N) is 2. The summed E-state index contributed by atoms with van der Waals surface area (Å²) in [5.74, 6) is 0.611. The van der Waals surface area contributed by atoms with E-state index in [0.717, 1.165) is 38.8 Å². The van der Waals surface area contributed by atoms with Crippen LogP contribution in [-0.2, 0) is 15.3 Å². The molecule has 3 heterocycles. The number of piperidine rings is 1. The molecule has 2 fully saturated rings. The van der Waals surface area contributed by atoms with Gasteiger partial charge in [-0.2, -0.15) is 0 Å². The van der Waals surface area contributed by atoms with Gasteiger partial charge in [-0.15, -0.1) is 0 Å². The first kappa shape index (κ1) is 14.1. The topological polar surface area (TPSA) is 64.0 Å². The second-order valence-electron chi connectivity index (χ2n) is 6.41. The van der Waals surface area contributed by atoms with E-state index in [-0.39, 0.29) is 17.2 Å². The molecule has 1 aromatic rings. The van der Waals surface area contributed by atoms with E-state index >= 15 is 0 Å². The number of hydrogen-bond acceptors (Lipinski definition) is 4. The molecule has 1 aromatic heterocycles. The van der Waals surface area contributed by atoms with Crippen molar-refractivity contribution in [2.24, 2.45) is 0 Å². The Balaban J connectivity index is 1.90. The van der Waals surface area contributed by atoms with E-state index in [1.54, 1.807) is 0 Å². The highest BCUT2D eigenvalue weighted by Gasteiger charge is 2.35. The summed E-state index contributed by atoms with van der Waals surface area (Å²) in [5.41, 5.74) is 1.32. The summed E-state index contributed by atoms with van der Waals surface area (Å²) >= 11 is 0. The first-order chi connectivity index (χ1) is 9.50. The maximum Gasteiger partial charge on any atom is 0.152 e. The normalized spacial score (nSPS) is 29.1. The molecular weight excluding hydrogens is 274 g/mol. The summed E-state index contributed by atoms with van der Waals surface area (Å²) < 4.78 is 25.9. The van der Waals surface area contributed by atoms with Gasteiger partial charge in [-0.05, 0) is 38.8 Å². The number of sulfone groups is 1. The largest absolute Gasteiger partial charge is 0.330 e. The smallest absolute Gasteiger partial charge is 0.152 e. The second-order valence-corrected chi connectivity index (χ2v) is 8.64. The van der Waals surface area contributed by atoms with Crippen LogP contribution in [0.2, 0.25) is 0 Å². The van der Waals surface area contributed by atoms with Crippen molar-refractivity contribution < 1.29 is 8.42 Å². The number of nitrogens with one attached hydrogen (secondary N) is 1. The van der Waals surface area contributed by atoms with Crippen molar-refractivity contribution in [1.82, 2.24) is 14.9 Å². The Hall–Kier alpha value is -0.880. The van der Waals surface area contributed by atoms with Crippen LogP contribution in [0.5, 0.6) is 0 Å². The molecular formula is C14H23N3O2S. The Kier molecular flexibility index (Phi) is 3.62. The first-order valence-corrected chi connectivity index (χ1v) is 9.26. The molecule has 1 N–H and O–H groups in total. The van der Waals surface area contributed by atoms with Crippen molar-refractivity contribution in [1.29, 1.82) is 0 Å². The molecule has 2 aliphatic rings. The third kappa shape index (κ3) is 2.63. The van der Waals surface area contributed by atoms with Gasteiger partial charge in [0.05, 0.1) is 17.8 Å². The Morgan fingerprint density at radius 3 is 2.85 bits per heavy atom. The van der Waals surface area contributed by atoms with Crippen LogP contribution in [-0.4, -0.2) is 42.6 Å². The first-order valence-electron chi connectivity index (χ1n) is 7.44. The molecule has 1 unspecified atom stereocenters. The van der Waals surface area contributed by atoms with Crippen LogP contribution in [0, 0.1) is 0 Å². The lowest BCUT2D eigenvalue weighted by molar-refractivity contribution is 0.306. The van der Waals surface area contributed by atoms with E-state index < -0.39 is 9.84 Å². The Morgan fingerprint density at radius 1 is 1.40 bits per heavy atom. The molecule has 0 bridgehead atoms. The Labute approximate surface area is 120 Å². The molecule has 3 rings (SSSR count). The van der Waals surface area contributed by atoms with Crippen LogP contribution in [0.25, 0.3) is 0 Å². The minimum atomic E-state index is -2.89. The van der Waals surface area contributed by atoms with Gasteiger partial charge in [0.2, 0.25) is 0 Å². The minimum Gasteiger partial charge on any atom is -0.330 e. The van der Waals surface area contributed by atoms with Gasteiger partial charge in [-0.25, -0.2) is 13.4 Å². The molecule has 5 nitrogen and oxygen atoms in total. The lowest BCUT2D eigenvalue weighted by Gasteiger charge is -2.36. The summed E-state index contributed by atoms with van der Waals surface area (Å²) in [5, 5.41) is 3.39. The van der Waals surface area contributed by atoms with Crippen molar-refractivity contribution in [3.8, 4) is 0 Å². The maximum atomic E-state index is 11.9. The molecule has 0 spiro atoms. The third-order valence-electron chi connectivity index (χ3n) is 4.82. The lowest BCUT2D eigenvalue weighted by Crippen LogP contribution is -2.40. The molecule has 0 aliphatic carbocycles. The van der Waals surface area contributed by atoms with Crippen LogP contribution in [0.1, 0.15) is 44.3 Å². The van der Waals surface area contributed by atoms with Crippen LogP contribution < -0.4 is 5.32 Å². The van der Waals surface area contributed by atoms with Crippen LogP contribution in [0.4, 0.5) is 0 Å². The van der Waals surface area contributed by atoms with E-state index in [0.29, 0.717) is 5.75 Å². The fourth-order valence-electron chi connectivity index (χ4n) is 3.52. The summed E-state index contributed by atoms with van der Waals surface area (Å²) in [6.45, 7) is 4.31. The van der Waals surface area contributed by atoms with E-state index in [2.05, 4.69) is 21.8 Å². The molecule has 2 aliphatic heterocycles. The fourth-order valence-corrected chi connectivity index (χ4v) is 5.20. The van der Waals surface area contributed by atoms with Crippen LogP contribution in [0.3, 0.4) is 0 Å². The average molecular weight is 297 g/mol. The Morgan fingerprint density at radius 2 is 2.15 bits per heavy atom. The molecule has 2 saturated heterocycles. The van der Waals surface area contributed by atoms with Gasteiger partial charge >= 0.3 is 0 Å². The van der Waals surface area contributed by atoms with Gasteiger partial charge in [-0.1, -0.05) is 6.92 Å². The zero-order valence-corrected chi connectivity index (χ0v) is 12.8. The van der Waals surface area contributed by atoms with Gasteiger partial charge in [0.25, 0.3) is 0 Å². The van der Waals surface area contributed by atoms with Gasteiger partial charge in [0, 0.05) is 23.3 Å². The van der Waals surface area contributed by atoms with E-state index in [1.165, 1.54) is 5.69 Å². The molecule has 0 amide bonds. The van der Waals surface area contributed by atoms with Crippen molar-refractivity contribution >= 4 is 9.84 Å². The van der Waals surface area contributed by atoms with Crippen molar-refractivity contribution in [2.75, 3.05) is 24.6 Å². The quantitative estimate of drug-likeness (QED) is 0.893. The van der Waals surface area contributed by atoms with Crippen molar-refractivity contribution in [2.45, 2.75) is 44.1 Å². The summed E-state index contributed by atoms with van der Waals surface area (Å²) in [4.78, 5) is 4.31. The SMILES string of the molecule is CC1(c2cncn2C2CCCS(=O)(=O)C2)CCNCC1. The zero-order valence-electron chi connectivity index (χ0n) is 12.0. The molecule has 1 atom stereocenters. The predicted octanol–water partition coefficient (Wildman–Crippen LogP) is 1.27. The third-order valence-corrected chi connectivity index (χ3v) is 6.63. The van der Waals surface area contributed by atoms with Crippen molar-refractivity contribution in [3.05, 3.63) is 18.2 Å². The molecule has 0 aromatic carbocycles. The van der Waals surface area contributed by atoms with Crippen molar-refractivity contribution in [3.63, 3.8) is 0 Å². The number of rotatable bonds is 2. The summed E-state index contributed by atoms with van der Waals surface area (Å²) in [6.07, 6.45) is 7.64. The number of imidazole rings is 1. The minimum absolute atomic E-state index is 0.0676. The lowest BCUT2D eigenvalue weighted by atomic mass is 9.78. The standard InChI is InChI=1S/C14H23N3O2S/c1-14(4-6-15-7-5-14)13-9-16-11-17(13)12-3-2-8-20(18,19)10-12/h9,11-12,15H,2-8,10H2,1H3. The monoisotopic (exact) mass is 297 g/mol. The van der Waals surface area contributed by atoms with Crippen LogP contribution >= 0.6 is 0 Å². The van der Waals surface area contributed by atoms with Crippen LogP contribution in [0.15, 0.2) is 12.5 Å². The molecule has 6 heteroatoms. The average Bonchev–Trinajstić information content (AvgIpc) is 2.88. The van der Waals surface area contributed by atoms with Gasteiger partial charge in [0.15, 0.2) is 9.84 Å². The fraction of sp³-hybridized carbons (Fsp3) is 0.786. The second kappa shape index (κ2) is 5.15. The zero-order chi connectivity index (χ0) is 14.2. The van der Waals surface area contributed by atoms with Gasteiger partial charge < -0.3 is 9.88 Å². The van der Waals surface area contributed by atoms with Gasteiger partial charge in [-0.3, -0.25) is 0 Å². The number of hydrogen-bond donors (Lipinski definition) is 1. The Bertz CT molecular complexity index is 573. The molecule has 0 saturated carbocycles. The highest BCUT2D eigenvalue weighted by Crippen LogP contribution is 2.35. The summed E-state index contributed by atoms with van der Waals surface area (Å²) in [6, 6.07) is 0.0676. The van der Waals surface area contributed by atoms with E-state index in [9.17, 15) is 8.42 Å². The highest BCUT2D eigenvalue weighted by atomic mass is 32.2. The van der Waals surface area contributed by atoms with E-state index in [4.69, 9.17) is 0 Å². The molecule has 112 valence electrons. The molecule has 20 heavy (non-hydrogen) atoms. The summed E-state index contributed by atoms with van der Waals surface area (Å²) in [7, 11) is -2.89. The number of aromatic nitrogens is 2. The molecule has 0 radical (unpaired) electrons. The highest BCUT2D eigenvalue weighted by molar-refractivity contribution is 7.91. The van der Waals surface area contributed by atoms with E-state index in [1.807, 2.05) is 12.5 Å². The predicted molar refractivity (Wildman–Crippen MR) is 78.6 cm³/mol. The van der Waals surface area contributed by atoms with Gasteiger partial charge in [0.1, 0.15) is 0 Å².